The highest BCUT2D eigenvalue weighted by Crippen LogP contribution is 2.28. The highest BCUT2D eigenvalue weighted by Gasteiger charge is 2.25. The van der Waals surface area contributed by atoms with Crippen LogP contribution in [-0.4, -0.2) is 65.5 Å². The quantitative estimate of drug-likeness (QED) is 0.696. The van der Waals surface area contributed by atoms with Gasteiger partial charge in [-0.05, 0) is 44.5 Å². The summed E-state index contributed by atoms with van der Waals surface area (Å²) in [7, 11) is 2.08. The molecule has 1 aromatic carbocycles. The molecule has 0 spiro atoms. The molecular weight excluding hydrogens is 354 g/mol. The van der Waals surface area contributed by atoms with E-state index in [9.17, 15) is 9.90 Å². The number of carbonyl (C=O) groups is 1. The first-order valence-corrected chi connectivity index (χ1v) is 9.38. The number of aryl methyl sites for hydroxylation is 2. The Morgan fingerprint density at radius 2 is 1.79 bits per heavy atom. The monoisotopic (exact) mass is 381 g/mol. The lowest BCUT2D eigenvalue weighted by atomic mass is 9.92. The van der Waals surface area contributed by atoms with Crippen LogP contribution in [0.2, 0.25) is 0 Å². The van der Waals surface area contributed by atoms with E-state index >= 15 is 0 Å². The molecule has 0 unspecified atom stereocenters. The van der Waals surface area contributed by atoms with Crippen molar-refractivity contribution in [1.29, 1.82) is 5.41 Å². The molecule has 0 aliphatic carbocycles. The number of nitrogens with one attached hydrogen (secondary N) is 2. The Labute approximate surface area is 165 Å². The summed E-state index contributed by atoms with van der Waals surface area (Å²) < 4.78 is 0. The largest absolute Gasteiger partial charge is 0.477 e. The minimum Gasteiger partial charge on any atom is -0.477 e. The molecule has 0 bridgehead atoms. The lowest BCUT2D eigenvalue weighted by Gasteiger charge is -2.37. The number of piperazine rings is 1. The number of aliphatic imine (C=N–C) groups is 1. The zero-order chi connectivity index (χ0) is 20.4. The Bertz CT molecular complexity index is 885. The van der Waals surface area contributed by atoms with Crippen LogP contribution in [0.15, 0.2) is 40.9 Å². The van der Waals surface area contributed by atoms with Crippen molar-refractivity contribution in [2.24, 2.45) is 4.99 Å². The SMILES string of the molecule is CC(=N)/C(=C1/N=C(C(=O)O)C=C(N2CCN(C)CC2)N1)c1c(C)cccc1C. The first kappa shape index (κ1) is 19.8. The van der Waals surface area contributed by atoms with Gasteiger partial charge in [0.05, 0.1) is 0 Å². The molecule has 0 saturated carbocycles. The van der Waals surface area contributed by atoms with Gasteiger partial charge < -0.3 is 25.6 Å². The highest BCUT2D eigenvalue weighted by molar-refractivity contribution is 6.41. The normalized spacial score (nSPS) is 19.5. The Kier molecular flexibility index (Phi) is 5.65. The van der Waals surface area contributed by atoms with E-state index in [4.69, 9.17) is 5.41 Å². The maximum Gasteiger partial charge on any atom is 0.354 e. The average molecular weight is 381 g/mol. The van der Waals surface area contributed by atoms with Crippen LogP contribution in [0.3, 0.4) is 0 Å². The maximum atomic E-state index is 11.7. The van der Waals surface area contributed by atoms with E-state index < -0.39 is 5.97 Å². The minimum absolute atomic E-state index is 0.0207. The number of carboxylic acids is 1. The molecule has 7 nitrogen and oxygen atoms in total. The number of aliphatic carboxylic acids is 1. The lowest BCUT2D eigenvalue weighted by molar-refractivity contribution is -0.129. The summed E-state index contributed by atoms with van der Waals surface area (Å²) in [5, 5.41) is 21.3. The Morgan fingerprint density at radius 1 is 1.18 bits per heavy atom. The molecule has 2 aliphatic heterocycles. The van der Waals surface area contributed by atoms with Crippen molar-refractivity contribution >= 4 is 23.0 Å². The van der Waals surface area contributed by atoms with Gasteiger partial charge >= 0.3 is 5.97 Å². The number of allylic oxidation sites excluding steroid dienone is 1. The molecule has 2 aliphatic rings. The molecule has 0 radical (unpaired) electrons. The van der Waals surface area contributed by atoms with E-state index in [0.717, 1.165) is 48.7 Å². The summed E-state index contributed by atoms with van der Waals surface area (Å²) in [6, 6.07) is 5.97. The number of likely N-dealkylation sites (N-methyl/N-ethyl adjacent to an activating group) is 1. The third kappa shape index (κ3) is 3.99. The zero-order valence-electron chi connectivity index (χ0n) is 16.8. The van der Waals surface area contributed by atoms with Gasteiger partial charge in [-0.3, -0.25) is 0 Å². The lowest BCUT2D eigenvalue weighted by Crippen LogP contribution is -2.47. The second-order valence-electron chi connectivity index (χ2n) is 7.36. The molecule has 1 saturated heterocycles. The van der Waals surface area contributed by atoms with Crippen LogP contribution in [-0.2, 0) is 4.79 Å². The molecule has 0 amide bonds. The van der Waals surface area contributed by atoms with Crippen molar-refractivity contribution in [3.05, 3.63) is 52.6 Å². The van der Waals surface area contributed by atoms with Gasteiger partial charge in [-0.1, -0.05) is 18.2 Å². The summed E-state index contributed by atoms with van der Waals surface area (Å²) in [6.45, 7) is 9.12. The molecule has 3 N–H and O–H groups in total. The average Bonchev–Trinajstić information content (AvgIpc) is 2.64. The van der Waals surface area contributed by atoms with Gasteiger partial charge in [0.2, 0.25) is 0 Å². The maximum absolute atomic E-state index is 11.7. The van der Waals surface area contributed by atoms with Crippen LogP contribution in [0.5, 0.6) is 0 Å². The van der Waals surface area contributed by atoms with Crippen molar-refractivity contribution in [1.82, 2.24) is 15.1 Å². The van der Waals surface area contributed by atoms with Gasteiger partial charge in [0.15, 0.2) is 5.71 Å². The fourth-order valence-corrected chi connectivity index (χ4v) is 3.61. The smallest absolute Gasteiger partial charge is 0.354 e. The zero-order valence-corrected chi connectivity index (χ0v) is 16.8. The molecule has 1 aromatic rings. The number of nitrogens with zero attached hydrogens (tertiary/aromatic N) is 3. The van der Waals surface area contributed by atoms with Gasteiger partial charge in [-0.2, -0.15) is 0 Å². The third-order valence-electron chi connectivity index (χ3n) is 5.16. The van der Waals surface area contributed by atoms with Crippen molar-refractivity contribution in [3.63, 3.8) is 0 Å². The van der Waals surface area contributed by atoms with Crippen molar-refractivity contribution < 1.29 is 9.90 Å². The van der Waals surface area contributed by atoms with Crippen LogP contribution in [0, 0.1) is 19.3 Å². The van der Waals surface area contributed by atoms with E-state index in [1.165, 1.54) is 0 Å². The van der Waals surface area contributed by atoms with Gasteiger partial charge in [0.25, 0.3) is 0 Å². The molecule has 7 heteroatoms. The van der Waals surface area contributed by atoms with Gasteiger partial charge in [-0.15, -0.1) is 0 Å². The van der Waals surface area contributed by atoms with Crippen LogP contribution < -0.4 is 5.32 Å². The van der Waals surface area contributed by atoms with Crippen molar-refractivity contribution in [3.8, 4) is 0 Å². The Hall–Kier alpha value is -2.93. The van der Waals surface area contributed by atoms with E-state index in [1.807, 2.05) is 32.0 Å². The van der Waals surface area contributed by atoms with E-state index in [-0.39, 0.29) is 5.71 Å². The van der Waals surface area contributed by atoms with E-state index in [2.05, 4.69) is 27.2 Å². The van der Waals surface area contributed by atoms with Crippen LogP contribution in [0.4, 0.5) is 0 Å². The number of hydrogen-bond donors (Lipinski definition) is 3. The standard InChI is InChI=1S/C21H27N5O2/c1-13-6-5-7-14(2)18(13)19(15(3)22)20-23-16(21(27)28)12-17(24-20)26-10-8-25(4)9-11-26/h5-7,12,22,24H,8-11H2,1-4H3,(H,27,28)/b20-19+,22-15?. The Balaban J connectivity index is 2.11. The van der Waals surface area contributed by atoms with E-state index in [1.54, 1.807) is 13.0 Å². The number of benzene rings is 1. The number of carboxylic acid groups (broad SMARTS) is 1. The first-order valence-electron chi connectivity index (χ1n) is 9.38. The van der Waals surface area contributed by atoms with Gasteiger partial charge in [0, 0.05) is 43.5 Å². The van der Waals surface area contributed by atoms with Crippen molar-refractivity contribution in [2.45, 2.75) is 20.8 Å². The fraction of sp³-hybridized carbons (Fsp3) is 0.381. The molecule has 2 heterocycles. The van der Waals surface area contributed by atoms with Gasteiger partial charge in [0.1, 0.15) is 11.6 Å². The molecule has 3 rings (SSSR count). The molecule has 1 fully saturated rings. The van der Waals surface area contributed by atoms with Crippen LogP contribution >= 0.6 is 0 Å². The van der Waals surface area contributed by atoms with Gasteiger partial charge in [-0.25, -0.2) is 9.79 Å². The number of hydrogen-bond acceptors (Lipinski definition) is 6. The summed E-state index contributed by atoms with van der Waals surface area (Å²) in [5.41, 5.74) is 3.93. The fourth-order valence-electron chi connectivity index (χ4n) is 3.61. The summed E-state index contributed by atoms with van der Waals surface area (Å²) >= 11 is 0. The molecule has 0 aromatic heterocycles. The number of rotatable bonds is 4. The minimum atomic E-state index is -1.07. The summed E-state index contributed by atoms with van der Waals surface area (Å²) in [5.74, 6) is 0.0633. The predicted molar refractivity (Wildman–Crippen MR) is 112 cm³/mol. The van der Waals surface area contributed by atoms with E-state index in [0.29, 0.717) is 17.1 Å². The molecular formula is C21H27N5O2. The molecule has 28 heavy (non-hydrogen) atoms. The second kappa shape index (κ2) is 7.98. The topological polar surface area (TPSA) is 92.0 Å². The van der Waals surface area contributed by atoms with Crippen LogP contribution in [0.25, 0.3) is 5.57 Å². The van der Waals surface area contributed by atoms with Crippen molar-refractivity contribution in [2.75, 3.05) is 33.2 Å². The molecule has 148 valence electrons. The Morgan fingerprint density at radius 3 is 2.32 bits per heavy atom. The second-order valence-corrected chi connectivity index (χ2v) is 7.36. The third-order valence-corrected chi connectivity index (χ3v) is 5.16. The predicted octanol–water partition coefficient (Wildman–Crippen LogP) is 2.23. The van der Waals surface area contributed by atoms with Crippen LogP contribution in [0.1, 0.15) is 23.6 Å². The molecule has 0 atom stereocenters. The summed E-state index contributed by atoms with van der Waals surface area (Å²) in [6.07, 6.45) is 1.58. The first-order chi connectivity index (χ1) is 13.3. The highest BCUT2D eigenvalue weighted by atomic mass is 16.4. The summed E-state index contributed by atoms with van der Waals surface area (Å²) in [4.78, 5) is 20.5.